The fourth-order valence-corrected chi connectivity index (χ4v) is 7.85. The van der Waals surface area contributed by atoms with Crippen LogP contribution in [0.1, 0.15) is 42.1 Å². The normalized spacial score (nSPS) is 35.1. The molecule has 0 unspecified atom stereocenters. The molecule has 0 amide bonds. The largest absolute Gasteiger partial charge is 0.504 e. The van der Waals surface area contributed by atoms with Crippen LogP contribution in [0.15, 0.2) is 36.4 Å². The number of phenolic OH excluding ortho intramolecular Hbond substituents is 1. The number of carbonyl (C=O) groups excluding carboxylic acids is 1. The van der Waals surface area contributed by atoms with Gasteiger partial charge >= 0.3 is 5.97 Å². The van der Waals surface area contributed by atoms with E-state index in [0.717, 1.165) is 24.1 Å². The summed E-state index contributed by atoms with van der Waals surface area (Å²) in [6.07, 6.45) is 3.39. The number of aromatic hydroxyl groups is 1. The highest BCUT2D eigenvalue weighted by molar-refractivity contribution is 5.87. The van der Waals surface area contributed by atoms with Crippen molar-refractivity contribution in [3.05, 3.63) is 53.1 Å². The maximum absolute atomic E-state index is 13.1. The number of nitrogens with one attached hydrogen (secondary N) is 1. The summed E-state index contributed by atoms with van der Waals surface area (Å²) >= 11 is 0. The zero-order valence-electron chi connectivity index (χ0n) is 22.0. The minimum atomic E-state index is -1.19. The zero-order valence-corrected chi connectivity index (χ0v) is 22.0. The van der Waals surface area contributed by atoms with Crippen molar-refractivity contribution < 1.29 is 43.1 Å². The molecule has 3 heterocycles. The number of rotatable bonds is 6. The first-order valence-electron chi connectivity index (χ1n) is 13.1. The summed E-state index contributed by atoms with van der Waals surface area (Å²) in [5.74, 6) is 0.0372. The summed E-state index contributed by atoms with van der Waals surface area (Å²) in [7, 11) is 4.70. The summed E-state index contributed by atoms with van der Waals surface area (Å²) in [6, 6.07) is 8.99. The van der Waals surface area contributed by atoms with Crippen molar-refractivity contribution in [2.45, 2.75) is 54.3 Å². The van der Waals surface area contributed by atoms with E-state index in [-0.39, 0.29) is 18.6 Å². The lowest BCUT2D eigenvalue weighted by Gasteiger charge is -2.59. The number of ether oxygens (including phenoxy) is 7. The van der Waals surface area contributed by atoms with E-state index in [4.69, 9.17) is 33.2 Å². The molecule has 2 N–H and O–H groups in total. The lowest BCUT2D eigenvalue weighted by atomic mass is 9.51. The highest BCUT2D eigenvalue weighted by atomic mass is 16.7. The second-order valence-corrected chi connectivity index (χ2v) is 10.7. The first-order valence-corrected chi connectivity index (χ1v) is 13.1. The van der Waals surface area contributed by atoms with Gasteiger partial charge in [-0.15, -0.1) is 0 Å². The molecule has 1 spiro atoms. The lowest BCUT2D eigenvalue weighted by Crippen LogP contribution is -2.77. The third-order valence-electron chi connectivity index (χ3n) is 9.31. The molecule has 2 saturated heterocycles. The number of carbonyl (C=O) groups is 1. The lowest BCUT2D eigenvalue weighted by molar-refractivity contribution is -0.328. The Bertz CT molecular complexity index is 1380. The van der Waals surface area contributed by atoms with Gasteiger partial charge in [-0.3, -0.25) is 0 Å². The maximum Gasteiger partial charge on any atom is 0.331 e. The van der Waals surface area contributed by atoms with E-state index in [1.807, 2.05) is 6.07 Å². The van der Waals surface area contributed by atoms with Gasteiger partial charge < -0.3 is 43.6 Å². The van der Waals surface area contributed by atoms with Crippen molar-refractivity contribution in [3.63, 3.8) is 0 Å². The van der Waals surface area contributed by atoms with Gasteiger partial charge in [-0.25, -0.2) is 4.79 Å². The highest BCUT2D eigenvalue weighted by Gasteiger charge is 2.81. The standard InChI is InChI=1S/C29H31NO9/c1-33-20-6-4-16(10-19(20)31)5-7-25(32)38-24-13-27-8-9-30-28(27)14-23(39-29(28,35-3)26(24)34-2)17-11-21-22(12-18(17)27)37-15-36-21/h4-7,10-12,23-24,26,30-31H,8-9,13-15H2,1-3H3/b7-5+/t23-,24-,26-,27-,28-,29-/m0/s1. The third-order valence-corrected chi connectivity index (χ3v) is 9.31. The molecule has 3 aliphatic heterocycles. The Balaban J connectivity index is 1.26. The highest BCUT2D eigenvalue weighted by Crippen LogP contribution is 2.70. The number of methoxy groups -OCH3 is 3. The van der Waals surface area contributed by atoms with Crippen LogP contribution in [0.4, 0.5) is 0 Å². The van der Waals surface area contributed by atoms with Crippen molar-refractivity contribution in [1.82, 2.24) is 5.32 Å². The number of phenols is 1. The smallest absolute Gasteiger partial charge is 0.331 e. The second-order valence-electron chi connectivity index (χ2n) is 10.7. The van der Waals surface area contributed by atoms with E-state index in [1.165, 1.54) is 19.3 Å². The van der Waals surface area contributed by atoms with Crippen molar-refractivity contribution >= 4 is 12.0 Å². The number of fused-ring (bicyclic) bond motifs is 4. The summed E-state index contributed by atoms with van der Waals surface area (Å²) in [4.78, 5) is 13.1. The van der Waals surface area contributed by atoms with Crippen LogP contribution in [0.2, 0.25) is 0 Å². The zero-order chi connectivity index (χ0) is 27.0. The van der Waals surface area contributed by atoms with Crippen LogP contribution >= 0.6 is 0 Å². The van der Waals surface area contributed by atoms with Gasteiger partial charge in [0, 0.05) is 32.1 Å². The average molecular weight is 538 g/mol. The molecule has 7 rings (SSSR count). The van der Waals surface area contributed by atoms with E-state index in [1.54, 1.807) is 32.4 Å². The van der Waals surface area contributed by atoms with Crippen LogP contribution in [-0.2, 0) is 29.2 Å². The van der Waals surface area contributed by atoms with Crippen LogP contribution in [0.25, 0.3) is 6.08 Å². The van der Waals surface area contributed by atoms with E-state index in [2.05, 4.69) is 11.4 Å². The van der Waals surface area contributed by atoms with Crippen LogP contribution in [0, 0.1) is 0 Å². The molecule has 2 bridgehead atoms. The molecule has 5 aliphatic rings. The van der Waals surface area contributed by atoms with Crippen LogP contribution < -0.4 is 19.5 Å². The van der Waals surface area contributed by atoms with Gasteiger partial charge in [-0.05, 0) is 66.4 Å². The molecule has 6 atom stereocenters. The minimum Gasteiger partial charge on any atom is -0.504 e. The predicted octanol–water partition coefficient (Wildman–Crippen LogP) is 2.96. The van der Waals surface area contributed by atoms with Gasteiger partial charge in [0.1, 0.15) is 12.2 Å². The fourth-order valence-electron chi connectivity index (χ4n) is 7.85. The summed E-state index contributed by atoms with van der Waals surface area (Å²) in [5, 5.41) is 13.8. The van der Waals surface area contributed by atoms with Crippen molar-refractivity contribution in [3.8, 4) is 23.0 Å². The van der Waals surface area contributed by atoms with Gasteiger partial charge in [-0.2, -0.15) is 0 Å². The third kappa shape index (κ3) is 3.14. The van der Waals surface area contributed by atoms with Gasteiger partial charge in [0.15, 0.2) is 23.0 Å². The number of esters is 1. The Kier molecular flexibility index (Phi) is 5.44. The summed E-state index contributed by atoms with van der Waals surface area (Å²) in [5.41, 5.74) is 1.79. The minimum absolute atomic E-state index is 0.0142. The monoisotopic (exact) mass is 537 g/mol. The number of hydrogen-bond acceptors (Lipinski definition) is 10. The molecule has 2 aliphatic carbocycles. The average Bonchev–Trinajstić information content (AvgIpc) is 3.64. The topological polar surface area (TPSA) is 114 Å². The first kappa shape index (κ1) is 24.7. The number of hydrogen-bond donors (Lipinski definition) is 2. The molecule has 10 nitrogen and oxygen atoms in total. The molecule has 0 aromatic heterocycles. The van der Waals surface area contributed by atoms with Crippen LogP contribution in [0.5, 0.6) is 23.0 Å². The Labute approximate surface area is 225 Å². The molecule has 1 saturated carbocycles. The van der Waals surface area contributed by atoms with Gasteiger partial charge in [-0.1, -0.05) is 6.07 Å². The Morgan fingerprint density at radius 2 is 1.95 bits per heavy atom. The molecular formula is C29H31NO9. The van der Waals surface area contributed by atoms with Gasteiger partial charge in [0.05, 0.1) is 18.8 Å². The second kappa shape index (κ2) is 8.59. The summed E-state index contributed by atoms with van der Waals surface area (Å²) < 4.78 is 41.8. The van der Waals surface area contributed by atoms with Crippen LogP contribution in [0.3, 0.4) is 0 Å². The first-order chi connectivity index (χ1) is 18.9. The molecule has 3 fully saturated rings. The molecule has 2 aromatic carbocycles. The molecule has 39 heavy (non-hydrogen) atoms. The maximum atomic E-state index is 13.1. The van der Waals surface area contributed by atoms with Gasteiger partial charge in [0.2, 0.25) is 12.6 Å². The molecule has 2 aromatic rings. The van der Waals surface area contributed by atoms with Crippen molar-refractivity contribution in [2.24, 2.45) is 0 Å². The molecule has 206 valence electrons. The van der Waals surface area contributed by atoms with E-state index < -0.39 is 34.9 Å². The Morgan fingerprint density at radius 1 is 1.13 bits per heavy atom. The summed E-state index contributed by atoms with van der Waals surface area (Å²) in [6.45, 7) is 0.944. The van der Waals surface area contributed by atoms with Crippen LogP contribution in [-0.4, -0.2) is 69.3 Å². The molecule has 0 radical (unpaired) electrons. The molecular weight excluding hydrogens is 506 g/mol. The quantitative estimate of drug-likeness (QED) is 0.421. The van der Waals surface area contributed by atoms with Gasteiger partial charge in [0.25, 0.3) is 0 Å². The SMILES string of the molecule is COc1ccc(/C=C/C(=O)O[C@H]2C[C@]34CCN[C@@]35C[C@H](O[C@@]5(OC)[C@H]2OC)c2cc3c(cc24)OCO3)cc1O. The van der Waals surface area contributed by atoms with E-state index in [9.17, 15) is 9.90 Å². The predicted molar refractivity (Wildman–Crippen MR) is 137 cm³/mol. The fraction of sp³-hybridized carbons (Fsp3) is 0.483. The Morgan fingerprint density at radius 3 is 2.69 bits per heavy atom. The Hall–Kier alpha value is -3.31. The number of benzene rings is 2. The molecule has 10 heteroatoms. The van der Waals surface area contributed by atoms with E-state index in [0.29, 0.717) is 35.7 Å². The van der Waals surface area contributed by atoms with Crippen molar-refractivity contribution in [2.75, 3.05) is 34.7 Å². The van der Waals surface area contributed by atoms with Crippen molar-refractivity contribution in [1.29, 1.82) is 0 Å². The van der Waals surface area contributed by atoms with E-state index >= 15 is 0 Å².